The Kier molecular flexibility index (Phi) is 4.71. The van der Waals surface area contributed by atoms with E-state index in [0.29, 0.717) is 25.7 Å². The van der Waals surface area contributed by atoms with Crippen LogP contribution in [0.4, 0.5) is 0 Å². The molecule has 2 aromatic heterocycles. The molecule has 1 aliphatic rings. The molecular weight excluding hydrogens is 292 g/mol. The summed E-state index contributed by atoms with van der Waals surface area (Å²) < 4.78 is 1.74. The van der Waals surface area contributed by atoms with E-state index in [-0.39, 0.29) is 24.0 Å². The van der Waals surface area contributed by atoms with Crippen molar-refractivity contribution in [3.8, 4) is 0 Å². The molecule has 0 spiro atoms. The molecule has 6 heteroatoms. The highest BCUT2D eigenvalue weighted by Gasteiger charge is 2.36. The quantitative estimate of drug-likeness (QED) is 0.844. The fraction of sp³-hybridized carbons (Fsp3) is 0.471. The van der Waals surface area contributed by atoms with Gasteiger partial charge in [0.15, 0.2) is 0 Å². The standard InChI is InChI=1S/C17H22N4O2/c1-21-11-12(10-19-21)5-6-16(23)20-17(13-8-14(22)9-13)15-4-2-3-7-18-15/h2-4,7,10-11,13-14,17,22H,5-6,8-9H2,1H3,(H,20,23)/t13?,14?,17-/m1/s1. The Labute approximate surface area is 135 Å². The molecule has 0 aliphatic heterocycles. The minimum absolute atomic E-state index is 0.00546. The number of nitrogens with one attached hydrogen (secondary N) is 1. The van der Waals surface area contributed by atoms with Crippen molar-refractivity contribution in [1.29, 1.82) is 0 Å². The predicted octanol–water partition coefficient (Wildman–Crippen LogP) is 1.38. The molecular formula is C17H22N4O2. The van der Waals surface area contributed by atoms with Crippen LogP contribution < -0.4 is 5.32 Å². The number of aliphatic hydroxyl groups excluding tert-OH is 1. The second-order valence-corrected chi connectivity index (χ2v) is 6.21. The maximum absolute atomic E-state index is 12.3. The number of nitrogens with zero attached hydrogens (tertiary/aromatic N) is 3. The van der Waals surface area contributed by atoms with Gasteiger partial charge in [0, 0.05) is 25.9 Å². The Morgan fingerprint density at radius 2 is 2.30 bits per heavy atom. The summed E-state index contributed by atoms with van der Waals surface area (Å²) in [6.07, 6.45) is 7.70. The van der Waals surface area contributed by atoms with Crippen molar-refractivity contribution >= 4 is 5.91 Å². The van der Waals surface area contributed by atoms with Crippen molar-refractivity contribution in [1.82, 2.24) is 20.1 Å². The van der Waals surface area contributed by atoms with Crippen molar-refractivity contribution in [2.45, 2.75) is 37.8 Å². The van der Waals surface area contributed by atoms with Gasteiger partial charge in [-0.25, -0.2) is 0 Å². The molecule has 1 aliphatic carbocycles. The van der Waals surface area contributed by atoms with E-state index in [1.54, 1.807) is 17.1 Å². The van der Waals surface area contributed by atoms with E-state index in [4.69, 9.17) is 0 Å². The van der Waals surface area contributed by atoms with Crippen LogP contribution in [-0.2, 0) is 18.3 Å². The van der Waals surface area contributed by atoms with E-state index in [2.05, 4.69) is 15.4 Å². The lowest BCUT2D eigenvalue weighted by Gasteiger charge is -2.37. The van der Waals surface area contributed by atoms with Crippen LogP contribution in [0.25, 0.3) is 0 Å². The van der Waals surface area contributed by atoms with E-state index in [1.807, 2.05) is 31.4 Å². The Balaban J connectivity index is 1.60. The molecule has 1 fully saturated rings. The van der Waals surface area contributed by atoms with Gasteiger partial charge in [-0.2, -0.15) is 5.10 Å². The highest BCUT2D eigenvalue weighted by molar-refractivity contribution is 5.76. The van der Waals surface area contributed by atoms with Gasteiger partial charge in [0.1, 0.15) is 0 Å². The van der Waals surface area contributed by atoms with Gasteiger partial charge in [0.2, 0.25) is 5.91 Å². The summed E-state index contributed by atoms with van der Waals surface area (Å²) in [6.45, 7) is 0. The summed E-state index contributed by atoms with van der Waals surface area (Å²) in [6, 6.07) is 5.59. The molecule has 122 valence electrons. The van der Waals surface area contributed by atoms with Crippen molar-refractivity contribution in [2.24, 2.45) is 13.0 Å². The molecule has 1 atom stereocenters. The zero-order valence-corrected chi connectivity index (χ0v) is 13.2. The molecule has 0 radical (unpaired) electrons. The fourth-order valence-electron chi connectivity index (χ4n) is 3.00. The summed E-state index contributed by atoms with van der Waals surface area (Å²) in [5, 5.41) is 16.8. The maximum Gasteiger partial charge on any atom is 0.220 e. The Bertz CT molecular complexity index is 650. The zero-order chi connectivity index (χ0) is 16.2. The SMILES string of the molecule is Cn1cc(CCC(=O)N[C@@H](c2ccccn2)C2CC(O)C2)cn1. The molecule has 6 nitrogen and oxygen atoms in total. The van der Waals surface area contributed by atoms with Crippen LogP contribution in [0.15, 0.2) is 36.8 Å². The van der Waals surface area contributed by atoms with Crippen molar-refractivity contribution in [3.05, 3.63) is 48.0 Å². The summed E-state index contributed by atoms with van der Waals surface area (Å²) >= 11 is 0. The van der Waals surface area contributed by atoms with Crippen molar-refractivity contribution < 1.29 is 9.90 Å². The molecule has 1 saturated carbocycles. The summed E-state index contributed by atoms with van der Waals surface area (Å²) in [4.78, 5) is 16.7. The van der Waals surface area contributed by atoms with Gasteiger partial charge in [-0.3, -0.25) is 14.5 Å². The molecule has 0 bridgehead atoms. The van der Waals surface area contributed by atoms with Crippen LogP contribution in [-0.4, -0.2) is 31.9 Å². The topological polar surface area (TPSA) is 80.0 Å². The lowest BCUT2D eigenvalue weighted by molar-refractivity contribution is -0.123. The second kappa shape index (κ2) is 6.91. The van der Waals surface area contributed by atoms with Crippen LogP contribution in [0.5, 0.6) is 0 Å². The van der Waals surface area contributed by atoms with Gasteiger partial charge in [-0.15, -0.1) is 0 Å². The van der Waals surface area contributed by atoms with E-state index in [1.165, 1.54) is 0 Å². The zero-order valence-electron chi connectivity index (χ0n) is 13.2. The molecule has 0 unspecified atom stereocenters. The minimum Gasteiger partial charge on any atom is -0.393 e. The minimum atomic E-state index is -0.251. The third-order valence-electron chi connectivity index (χ3n) is 4.34. The molecule has 2 N–H and O–H groups in total. The van der Waals surface area contributed by atoms with Gasteiger partial charge in [0.05, 0.1) is 24.0 Å². The van der Waals surface area contributed by atoms with Crippen molar-refractivity contribution in [3.63, 3.8) is 0 Å². The van der Waals surface area contributed by atoms with Crippen molar-refractivity contribution in [2.75, 3.05) is 0 Å². The van der Waals surface area contributed by atoms with Crippen LogP contribution in [0.3, 0.4) is 0 Å². The first kappa shape index (κ1) is 15.7. The monoisotopic (exact) mass is 314 g/mol. The van der Waals surface area contributed by atoms with Crippen LogP contribution in [0.1, 0.15) is 36.6 Å². The average Bonchev–Trinajstić information content (AvgIpc) is 2.94. The van der Waals surface area contributed by atoms with E-state index < -0.39 is 0 Å². The molecule has 0 aromatic carbocycles. The number of hydrogen-bond donors (Lipinski definition) is 2. The Morgan fingerprint density at radius 1 is 1.48 bits per heavy atom. The number of aliphatic hydroxyl groups is 1. The Hall–Kier alpha value is -2.21. The molecule has 1 amide bonds. The second-order valence-electron chi connectivity index (χ2n) is 6.21. The van der Waals surface area contributed by atoms with Gasteiger partial charge < -0.3 is 10.4 Å². The lowest BCUT2D eigenvalue weighted by atomic mass is 9.76. The molecule has 23 heavy (non-hydrogen) atoms. The summed E-state index contributed by atoms with van der Waals surface area (Å²) in [5.74, 6) is 0.258. The van der Waals surface area contributed by atoms with Crippen LogP contribution >= 0.6 is 0 Å². The van der Waals surface area contributed by atoms with Gasteiger partial charge >= 0.3 is 0 Å². The summed E-state index contributed by atoms with van der Waals surface area (Å²) in [7, 11) is 1.86. The Morgan fingerprint density at radius 3 is 2.91 bits per heavy atom. The third kappa shape index (κ3) is 3.96. The van der Waals surface area contributed by atoms with Crippen LogP contribution in [0, 0.1) is 5.92 Å². The molecule has 3 rings (SSSR count). The largest absolute Gasteiger partial charge is 0.393 e. The maximum atomic E-state index is 12.3. The fourth-order valence-corrected chi connectivity index (χ4v) is 3.00. The van der Waals surface area contributed by atoms with E-state index in [0.717, 1.165) is 11.3 Å². The first-order chi connectivity index (χ1) is 11.1. The molecule has 0 saturated heterocycles. The number of amides is 1. The number of carbonyl (C=O) groups excluding carboxylic acids is 1. The molecule has 2 aromatic rings. The number of hydrogen-bond acceptors (Lipinski definition) is 4. The van der Waals surface area contributed by atoms with Crippen LogP contribution in [0.2, 0.25) is 0 Å². The van der Waals surface area contributed by atoms with Gasteiger partial charge in [-0.1, -0.05) is 6.07 Å². The van der Waals surface area contributed by atoms with E-state index in [9.17, 15) is 9.90 Å². The number of pyridine rings is 1. The number of carbonyl (C=O) groups is 1. The first-order valence-electron chi connectivity index (χ1n) is 7.97. The average molecular weight is 314 g/mol. The lowest BCUT2D eigenvalue weighted by Crippen LogP contribution is -2.41. The number of rotatable bonds is 6. The first-order valence-corrected chi connectivity index (χ1v) is 7.97. The number of aromatic nitrogens is 3. The highest BCUT2D eigenvalue weighted by Crippen LogP contribution is 2.37. The normalized spacial score (nSPS) is 21.5. The molecule has 2 heterocycles. The van der Waals surface area contributed by atoms with E-state index >= 15 is 0 Å². The number of aryl methyl sites for hydroxylation is 2. The highest BCUT2D eigenvalue weighted by atomic mass is 16.3. The summed E-state index contributed by atoms with van der Waals surface area (Å²) in [5.41, 5.74) is 1.91. The third-order valence-corrected chi connectivity index (χ3v) is 4.34. The smallest absolute Gasteiger partial charge is 0.220 e. The van der Waals surface area contributed by atoms with Gasteiger partial charge in [0.25, 0.3) is 0 Å². The van der Waals surface area contributed by atoms with Gasteiger partial charge in [-0.05, 0) is 42.9 Å². The predicted molar refractivity (Wildman–Crippen MR) is 85.4 cm³/mol.